The maximum atomic E-state index is 11.9. The molecule has 0 aromatic rings. The number of carbonyl (C=O) groups excluding carboxylic acids is 1. The van der Waals surface area contributed by atoms with Crippen LogP contribution < -0.4 is 0 Å². The van der Waals surface area contributed by atoms with Gasteiger partial charge in [0, 0.05) is 11.3 Å². The summed E-state index contributed by atoms with van der Waals surface area (Å²) in [5.41, 5.74) is 1.11. The van der Waals surface area contributed by atoms with E-state index in [1.807, 2.05) is 6.08 Å². The first-order chi connectivity index (χ1) is 8.18. The molecule has 90 valence electrons. The molecule has 17 heavy (non-hydrogen) atoms. The van der Waals surface area contributed by atoms with E-state index in [1.165, 1.54) is 0 Å². The lowest BCUT2D eigenvalue weighted by molar-refractivity contribution is -0.118. The van der Waals surface area contributed by atoms with E-state index < -0.39 is 0 Å². The van der Waals surface area contributed by atoms with Crippen molar-refractivity contribution >= 4 is 5.78 Å². The maximum absolute atomic E-state index is 11.9. The maximum Gasteiger partial charge on any atom is 0.160 e. The number of ether oxygens (including phenoxy) is 2. The number of rotatable bonds is 2. The highest BCUT2D eigenvalue weighted by Gasteiger charge is 2.47. The summed E-state index contributed by atoms with van der Waals surface area (Å²) < 4.78 is 10.7. The van der Waals surface area contributed by atoms with Gasteiger partial charge in [0.2, 0.25) is 0 Å². The summed E-state index contributed by atoms with van der Waals surface area (Å²) in [6.45, 7) is 0. The van der Waals surface area contributed by atoms with Crippen LogP contribution in [0, 0.1) is 11.3 Å². The molecule has 1 spiro atoms. The number of fused-ring (bicyclic) bond motifs is 1. The quantitative estimate of drug-likeness (QED) is 0.733. The molecule has 0 radical (unpaired) electrons. The Balaban J connectivity index is 2.11. The second-order valence-corrected chi connectivity index (χ2v) is 5.02. The van der Waals surface area contributed by atoms with Crippen molar-refractivity contribution in [2.24, 2.45) is 11.3 Å². The highest BCUT2D eigenvalue weighted by molar-refractivity contribution is 5.95. The summed E-state index contributed by atoms with van der Waals surface area (Å²) in [5, 5.41) is 0. The van der Waals surface area contributed by atoms with Crippen molar-refractivity contribution in [1.29, 1.82) is 0 Å². The van der Waals surface area contributed by atoms with Gasteiger partial charge >= 0.3 is 0 Å². The summed E-state index contributed by atoms with van der Waals surface area (Å²) in [6.07, 6.45) is 8.85. The van der Waals surface area contributed by atoms with Crippen LogP contribution in [0.3, 0.4) is 0 Å². The van der Waals surface area contributed by atoms with Crippen molar-refractivity contribution in [3.8, 4) is 0 Å². The molecule has 0 unspecified atom stereocenters. The second-order valence-electron chi connectivity index (χ2n) is 5.02. The minimum Gasteiger partial charge on any atom is -0.493 e. The summed E-state index contributed by atoms with van der Waals surface area (Å²) in [5.74, 6) is 1.99. The fraction of sp³-hybridized carbons (Fsp3) is 0.500. The molecule has 3 aliphatic rings. The monoisotopic (exact) mass is 232 g/mol. The van der Waals surface area contributed by atoms with E-state index in [1.54, 1.807) is 20.3 Å². The lowest BCUT2D eigenvalue weighted by Crippen LogP contribution is -2.27. The van der Waals surface area contributed by atoms with Crippen molar-refractivity contribution in [2.75, 3.05) is 14.2 Å². The number of allylic oxidation sites excluding steroid dienone is 4. The minimum atomic E-state index is 0.0198. The molecule has 0 aromatic heterocycles. The van der Waals surface area contributed by atoms with Crippen molar-refractivity contribution < 1.29 is 14.3 Å². The SMILES string of the molecule is COC1=CC2=CC(=O)[C@H]3CC[C@]2(C=C1OC)C3. The molecule has 1 fully saturated rings. The number of methoxy groups -OCH3 is 2. The zero-order chi connectivity index (χ0) is 12.0. The fourth-order valence-electron chi connectivity index (χ4n) is 3.25. The number of carbonyl (C=O) groups is 1. The topological polar surface area (TPSA) is 35.5 Å². The molecule has 0 saturated heterocycles. The van der Waals surface area contributed by atoms with Gasteiger partial charge < -0.3 is 9.47 Å². The molecular formula is C14H16O3. The van der Waals surface area contributed by atoms with Crippen LogP contribution in [0.15, 0.2) is 35.3 Å². The zero-order valence-electron chi connectivity index (χ0n) is 10.2. The third-order valence-electron chi connectivity index (χ3n) is 4.20. The van der Waals surface area contributed by atoms with Gasteiger partial charge in [-0.15, -0.1) is 0 Å². The Morgan fingerprint density at radius 3 is 2.71 bits per heavy atom. The van der Waals surface area contributed by atoms with Gasteiger partial charge in [0.15, 0.2) is 17.3 Å². The van der Waals surface area contributed by atoms with E-state index in [-0.39, 0.29) is 17.1 Å². The minimum absolute atomic E-state index is 0.0198. The summed E-state index contributed by atoms with van der Waals surface area (Å²) in [7, 11) is 3.28. The van der Waals surface area contributed by atoms with Crippen molar-refractivity contribution in [3.05, 3.63) is 35.3 Å². The first-order valence-electron chi connectivity index (χ1n) is 5.97. The Morgan fingerprint density at radius 1 is 1.24 bits per heavy atom. The van der Waals surface area contributed by atoms with Gasteiger partial charge in [-0.2, -0.15) is 0 Å². The smallest absolute Gasteiger partial charge is 0.160 e. The van der Waals surface area contributed by atoms with Gasteiger partial charge in [0.25, 0.3) is 0 Å². The Morgan fingerprint density at radius 2 is 2.00 bits per heavy atom. The van der Waals surface area contributed by atoms with E-state index in [4.69, 9.17) is 9.47 Å². The highest BCUT2D eigenvalue weighted by Crippen LogP contribution is 2.54. The Hall–Kier alpha value is -1.51. The fourth-order valence-corrected chi connectivity index (χ4v) is 3.25. The van der Waals surface area contributed by atoms with Gasteiger partial charge in [0.05, 0.1) is 14.2 Å². The van der Waals surface area contributed by atoms with Gasteiger partial charge in [-0.3, -0.25) is 4.79 Å². The molecule has 3 heteroatoms. The number of ketones is 1. The second kappa shape index (κ2) is 3.49. The Labute approximate surface area is 101 Å². The Kier molecular flexibility index (Phi) is 2.18. The average molecular weight is 232 g/mol. The zero-order valence-corrected chi connectivity index (χ0v) is 10.2. The molecule has 3 nitrogen and oxygen atoms in total. The molecular weight excluding hydrogens is 216 g/mol. The summed E-state index contributed by atoms with van der Waals surface area (Å²) in [4.78, 5) is 11.9. The van der Waals surface area contributed by atoms with E-state index in [0.717, 1.165) is 30.6 Å². The van der Waals surface area contributed by atoms with Crippen LogP contribution >= 0.6 is 0 Å². The summed E-state index contributed by atoms with van der Waals surface area (Å²) >= 11 is 0. The first-order valence-corrected chi connectivity index (χ1v) is 5.97. The van der Waals surface area contributed by atoms with Crippen LogP contribution in [0.5, 0.6) is 0 Å². The van der Waals surface area contributed by atoms with E-state index in [2.05, 4.69) is 6.08 Å². The van der Waals surface area contributed by atoms with E-state index in [9.17, 15) is 4.79 Å². The molecule has 0 amide bonds. The van der Waals surface area contributed by atoms with Crippen LogP contribution in [-0.2, 0) is 14.3 Å². The van der Waals surface area contributed by atoms with Crippen molar-refractivity contribution in [2.45, 2.75) is 19.3 Å². The summed E-state index contributed by atoms with van der Waals surface area (Å²) in [6, 6.07) is 0. The van der Waals surface area contributed by atoms with Crippen LogP contribution in [0.4, 0.5) is 0 Å². The van der Waals surface area contributed by atoms with Crippen molar-refractivity contribution in [1.82, 2.24) is 0 Å². The molecule has 3 rings (SSSR count). The largest absolute Gasteiger partial charge is 0.493 e. The predicted octanol–water partition coefficient (Wildman–Crippen LogP) is 2.36. The van der Waals surface area contributed by atoms with E-state index >= 15 is 0 Å². The molecule has 3 aliphatic carbocycles. The van der Waals surface area contributed by atoms with Crippen LogP contribution in [0.25, 0.3) is 0 Å². The predicted molar refractivity (Wildman–Crippen MR) is 63.0 cm³/mol. The molecule has 0 N–H and O–H groups in total. The highest BCUT2D eigenvalue weighted by atomic mass is 16.5. The Bertz CT molecular complexity index is 470. The lowest BCUT2D eigenvalue weighted by Gasteiger charge is -2.34. The standard InChI is InChI=1S/C14H16O3/c1-16-12-6-10-5-11(15)9-3-4-14(10,7-9)8-13(12)17-2/h5-6,8-9H,3-4,7H2,1-2H3/t9-,14+/m0/s1. The third kappa shape index (κ3) is 1.38. The molecule has 2 bridgehead atoms. The van der Waals surface area contributed by atoms with Gasteiger partial charge in [-0.1, -0.05) is 0 Å². The molecule has 0 aliphatic heterocycles. The first kappa shape index (κ1) is 10.6. The normalized spacial score (nSPS) is 34.6. The molecule has 1 saturated carbocycles. The molecule has 2 atom stereocenters. The number of hydrogen-bond acceptors (Lipinski definition) is 3. The van der Waals surface area contributed by atoms with Crippen LogP contribution in [0.1, 0.15) is 19.3 Å². The number of hydrogen-bond donors (Lipinski definition) is 0. The average Bonchev–Trinajstić information content (AvgIpc) is 2.71. The van der Waals surface area contributed by atoms with Gasteiger partial charge in [-0.25, -0.2) is 0 Å². The van der Waals surface area contributed by atoms with Gasteiger partial charge in [-0.05, 0) is 43.1 Å². The lowest BCUT2D eigenvalue weighted by atomic mass is 9.71. The molecule has 0 aromatic carbocycles. The van der Waals surface area contributed by atoms with Crippen LogP contribution in [0.2, 0.25) is 0 Å². The molecule has 0 heterocycles. The van der Waals surface area contributed by atoms with Crippen molar-refractivity contribution in [3.63, 3.8) is 0 Å². The third-order valence-corrected chi connectivity index (χ3v) is 4.20. The van der Waals surface area contributed by atoms with E-state index in [0.29, 0.717) is 5.76 Å². The van der Waals surface area contributed by atoms with Gasteiger partial charge in [0.1, 0.15) is 0 Å². The van der Waals surface area contributed by atoms with Crippen LogP contribution in [-0.4, -0.2) is 20.0 Å².